The highest BCUT2D eigenvalue weighted by molar-refractivity contribution is 6.17. The van der Waals surface area contributed by atoms with E-state index in [0.717, 1.165) is 0 Å². The maximum atomic E-state index is 12.7. The molecule has 106 valence electrons. The molecule has 1 heterocycles. The molecule has 0 atom stereocenters. The van der Waals surface area contributed by atoms with Gasteiger partial charge in [-0.2, -0.15) is 0 Å². The van der Waals surface area contributed by atoms with Gasteiger partial charge in [0.25, 0.3) is 6.43 Å². The largest absolute Gasteiger partial charge is 0.494 e. The summed E-state index contributed by atoms with van der Waals surface area (Å²) in [5, 5.41) is 0. The molecule has 19 heavy (non-hydrogen) atoms. The van der Waals surface area contributed by atoms with Gasteiger partial charge in [-0.05, 0) is 13.0 Å². The van der Waals surface area contributed by atoms with Crippen LogP contribution in [-0.2, 0) is 21.8 Å². The molecule has 7 heteroatoms. The number of aromatic nitrogens is 1. The Morgan fingerprint density at radius 1 is 1.53 bits per heavy atom. The third-order valence-corrected chi connectivity index (χ3v) is 2.62. The Morgan fingerprint density at radius 3 is 2.68 bits per heavy atom. The van der Waals surface area contributed by atoms with E-state index in [4.69, 9.17) is 21.1 Å². The van der Waals surface area contributed by atoms with Gasteiger partial charge >= 0.3 is 5.97 Å². The van der Waals surface area contributed by atoms with Gasteiger partial charge < -0.3 is 9.47 Å². The molecule has 0 fully saturated rings. The van der Waals surface area contributed by atoms with Crippen LogP contribution >= 0.6 is 11.6 Å². The third kappa shape index (κ3) is 4.02. The zero-order valence-electron chi connectivity index (χ0n) is 10.6. The Morgan fingerprint density at radius 2 is 2.21 bits per heavy atom. The maximum absolute atomic E-state index is 12.7. The second-order valence-corrected chi connectivity index (χ2v) is 3.87. The fraction of sp³-hybridized carbons (Fsp3) is 0.500. The molecule has 1 aromatic heterocycles. The summed E-state index contributed by atoms with van der Waals surface area (Å²) in [5.74, 6) is -0.325. The minimum absolute atomic E-state index is 0.0127. The molecule has 0 bridgehead atoms. The molecule has 0 saturated heterocycles. The van der Waals surface area contributed by atoms with Crippen molar-refractivity contribution in [3.63, 3.8) is 0 Å². The van der Waals surface area contributed by atoms with Crippen LogP contribution in [0.4, 0.5) is 8.78 Å². The van der Waals surface area contributed by atoms with E-state index in [9.17, 15) is 13.6 Å². The van der Waals surface area contributed by atoms with Crippen molar-refractivity contribution in [2.24, 2.45) is 0 Å². The van der Waals surface area contributed by atoms with Crippen molar-refractivity contribution in [1.29, 1.82) is 0 Å². The number of rotatable bonds is 6. The molecule has 0 N–H and O–H groups in total. The number of carbonyl (C=O) groups excluding carboxylic acids is 1. The smallest absolute Gasteiger partial charge is 0.312 e. The minimum atomic E-state index is -2.74. The highest BCUT2D eigenvalue weighted by Crippen LogP contribution is 2.29. The molecule has 0 unspecified atom stereocenters. The molecule has 1 aromatic rings. The molecular weight excluding hydrogens is 280 g/mol. The molecule has 0 spiro atoms. The number of nitrogens with zero attached hydrogens (tertiary/aromatic N) is 1. The first kappa shape index (κ1) is 15.6. The highest BCUT2D eigenvalue weighted by Gasteiger charge is 2.20. The van der Waals surface area contributed by atoms with Gasteiger partial charge in [-0.3, -0.25) is 4.79 Å². The van der Waals surface area contributed by atoms with Crippen molar-refractivity contribution in [2.45, 2.75) is 25.7 Å². The van der Waals surface area contributed by atoms with Crippen LogP contribution in [0.2, 0.25) is 0 Å². The Bertz CT molecular complexity index is 455. The van der Waals surface area contributed by atoms with Crippen LogP contribution in [0.5, 0.6) is 5.75 Å². The van der Waals surface area contributed by atoms with E-state index in [1.807, 2.05) is 0 Å². The first-order valence-corrected chi connectivity index (χ1v) is 6.13. The average molecular weight is 294 g/mol. The summed E-state index contributed by atoms with van der Waals surface area (Å²) in [7, 11) is 1.36. The van der Waals surface area contributed by atoms with Crippen molar-refractivity contribution in [1.82, 2.24) is 4.98 Å². The summed E-state index contributed by atoms with van der Waals surface area (Å²) in [6.07, 6.45) is -2.98. The first-order valence-electron chi connectivity index (χ1n) is 5.59. The maximum Gasteiger partial charge on any atom is 0.312 e. The molecule has 0 amide bonds. The lowest BCUT2D eigenvalue weighted by Gasteiger charge is -2.13. The second kappa shape index (κ2) is 7.23. The molecule has 0 aliphatic heterocycles. The number of pyridine rings is 1. The SMILES string of the molecule is CCOC(=O)Cc1nc(C(F)F)cc(CCl)c1OC. The van der Waals surface area contributed by atoms with Crippen molar-refractivity contribution in [3.8, 4) is 5.75 Å². The number of halogens is 3. The minimum Gasteiger partial charge on any atom is -0.494 e. The van der Waals surface area contributed by atoms with Crippen LogP contribution in [0.3, 0.4) is 0 Å². The monoisotopic (exact) mass is 293 g/mol. The third-order valence-electron chi connectivity index (χ3n) is 2.33. The number of hydrogen-bond acceptors (Lipinski definition) is 4. The summed E-state index contributed by atoms with van der Waals surface area (Å²) < 4.78 is 35.3. The van der Waals surface area contributed by atoms with Crippen LogP contribution in [0.15, 0.2) is 6.07 Å². The summed E-state index contributed by atoms with van der Waals surface area (Å²) in [4.78, 5) is 15.2. The lowest BCUT2D eigenvalue weighted by molar-refractivity contribution is -0.142. The van der Waals surface area contributed by atoms with Gasteiger partial charge in [0.15, 0.2) is 0 Å². The Balaban J connectivity index is 3.18. The quantitative estimate of drug-likeness (QED) is 0.598. The molecule has 0 aliphatic rings. The van der Waals surface area contributed by atoms with Crippen LogP contribution in [0, 0.1) is 0 Å². The first-order chi connectivity index (χ1) is 9.03. The summed E-state index contributed by atoms with van der Waals surface area (Å²) in [5.41, 5.74) is 0.0407. The summed E-state index contributed by atoms with van der Waals surface area (Å²) in [6, 6.07) is 1.17. The van der Waals surface area contributed by atoms with Gasteiger partial charge in [0.1, 0.15) is 11.4 Å². The number of alkyl halides is 3. The normalized spacial score (nSPS) is 10.6. The number of methoxy groups -OCH3 is 1. The van der Waals surface area contributed by atoms with Gasteiger partial charge in [-0.1, -0.05) is 0 Å². The van der Waals surface area contributed by atoms with Crippen LogP contribution in [-0.4, -0.2) is 24.7 Å². The molecule has 0 radical (unpaired) electrons. The molecular formula is C12H14ClF2NO3. The van der Waals surface area contributed by atoms with Crippen LogP contribution < -0.4 is 4.74 Å². The summed E-state index contributed by atoms with van der Waals surface area (Å²) >= 11 is 5.69. The standard InChI is InChI=1S/C12H14ClF2NO3/c1-3-19-10(17)5-8-11(18-2)7(6-13)4-9(16-8)12(14)15/h4,12H,3,5-6H2,1-2H3. The molecule has 0 aromatic carbocycles. The molecule has 4 nitrogen and oxygen atoms in total. The van der Waals surface area contributed by atoms with Crippen LogP contribution in [0.25, 0.3) is 0 Å². The Kier molecular flexibility index (Phi) is 5.95. The van der Waals surface area contributed by atoms with E-state index in [0.29, 0.717) is 5.56 Å². The van der Waals surface area contributed by atoms with E-state index in [-0.39, 0.29) is 30.4 Å². The van der Waals surface area contributed by atoms with E-state index >= 15 is 0 Å². The predicted molar refractivity (Wildman–Crippen MR) is 65.6 cm³/mol. The van der Waals surface area contributed by atoms with Crippen molar-refractivity contribution in [2.75, 3.05) is 13.7 Å². The van der Waals surface area contributed by atoms with Crippen molar-refractivity contribution < 1.29 is 23.0 Å². The van der Waals surface area contributed by atoms with Crippen LogP contribution in [0.1, 0.15) is 30.3 Å². The fourth-order valence-corrected chi connectivity index (χ4v) is 1.80. The van der Waals surface area contributed by atoms with E-state index in [2.05, 4.69) is 4.98 Å². The fourth-order valence-electron chi connectivity index (χ4n) is 1.60. The average Bonchev–Trinajstić information content (AvgIpc) is 2.37. The molecule has 0 aliphatic carbocycles. The van der Waals surface area contributed by atoms with Crippen molar-refractivity contribution in [3.05, 3.63) is 23.0 Å². The van der Waals surface area contributed by atoms with Gasteiger partial charge in [-0.25, -0.2) is 13.8 Å². The zero-order chi connectivity index (χ0) is 14.4. The highest BCUT2D eigenvalue weighted by atomic mass is 35.5. The number of ether oxygens (including phenoxy) is 2. The van der Waals surface area contributed by atoms with Gasteiger partial charge in [0.2, 0.25) is 0 Å². The number of hydrogen-bond donors (Lipinski definition) is 0. The number of carbonyl (C=O) groups is 1. The van der Waals surface area contributed by atoms with Crippen molar-refractivity contribution >= 4 is 17.6 Å². The molecule has 0 saturated carbocycles. The Hall–Kier alpha value is -1.43. The molecule has 1 rings (SSSR count). The lowest BCUT2D eigenvalue weighted by Crippen LogP contribution is -2.12. The Labute approximate surface area is 114 Å². The lowest BCUT2D eigenvalue weighted by atomic mass is 10.1. The topological polar surface area (TPSA) is 48.4 Å². The van der Waals surface area contributed by atoms with Gasteiger partial charge in [0.05, 0.1) is 31.7 Å². The summed E-state index contributed by atoms with van der Waals surface area (Å²) in [6.45, 7) is 1.86. The number of esters is 1. The second-order valence-electron chi connectivity index (χ2n) is 3.60. The zero-order valence-corrected chi connectivity index (χ0v) is 11.3. The predicted octanol–water partition coefficient (Wildman–Crippen LogP) is 2.87. The van der Waals surface area contributed by atoms with Gasteiger partial charge in [0, 0.05) is 5.56 Å². The van der Waals surface area contributed by atoms with E-state index in [1.165, 1.54) is 13.2 Å². The van der Waals surface area contributed by atoms with E-state index < -0.39 is 18.1 Å². The van der Waals surface area contributed by atoms with E-state index in [1.54, 1.807) is 6.92 Å². The van der Waals surface area contributed by atoms with Gasteiger partial charge in [-0.15, -0.1) is 11.6 Å².